The number of likely N-dealkylation sites (tertiary alicyclic amines) is 1. The van der Waals surface area contributed by atoms with Crippen LogP contribution in [0.2, 0.25) is 0 Å². The van der Waals surface area contributed by atoms with E-state index in [0.717, 1.165) is 37.8 Å². The Morgan fingerprint density at radius 3 is 2.89 bits per heavy atom. The Morgan fingerprint density at radius 2 is 2.17 bits per heavy atom. The molecule has 2 amide bonds. The van der Waals surface area contributed by atoms with E-state index in [4.69, 9.17) is 0 Å². The van der Waals surface area contributed by atoms with Crippen molar-refractivity contribution in [3.8, 4) is 0 Å². The highest BCUT2D eigenvalue weighted by Crippen LogP contribution is 2.32. The molecular formula is C14H17FN2O. The molecule has 4 heteroatoms. The van der Waals surface area contributed by atoms with Crippen molar-refractivity contribution < 1.29 is 9.18 Å². The molecule has 0 spiro atoms. The largest absolute Gasteiger partial charge is 0.335 e. The molecule has 96 valence electrons. The zero-order valence-electron chi connectivity index (χ0n) is 10.2. The van der Waals surface area contributed by atoms with Gasteiger partial charge >= 0.3 is 6.03 Å². The molecule has 1 unspecified atom stereocenters. The van der Waals surface area contributed by atoms with Crippen LogP contribution < -0.4 is 5.32 Å². The predicted molar refractivity (Wildman–Crippen MR) is 66.6 cm³/mol. The Bertz CT molecular complexity index is 459. The number of rotatable bonds is 2. The van der Waals surface area contributed by atoms with Gasteiger partial charge in [-0.15, -0.1) is 0 Å². The Kier molecular flexibility index (Phi) is 2.94. The van der Waals surface area contributed by atoms with Crippen LogP contribution in [0.4, 0.5) is 9.18 Å². The van der Waals surface area contributed by atoms with Crippen molar-refractivity contribution in [1.29, 1.82) is 0 Å². The van der Waals surface area contributed by atoms with E-state index in [0.29, 0.717) is 6.04 Å². The molecule has 2 fully saturated rings. The van der Waals surface area contributed by atoms with Crippen LogP contribution in [0.1, 0.15) is 37.3 Å². The number of hydrogen-bond donors (Lipinski definition) is 1. The average Bonchev–Trinajstić information content (AvgIpc) is 3.03. The fraction of sp³-hybridized carbons (Fsp3) is 0.500. The topological polar surface area (TPSA) is 32.3 Å². The monoisotopic (exact) mass is 248 g/mol. The minimum atomic E-state index is -0.234. The smallest absolute Gasteiger partial charge is 0.318 e. The number of carbonyl (C=O) groups is 1. The van der Waals surface area contributed by atoms with Crippen molar-refractivity contribution in [1.82, 2.24) is 10.2 Å². The molecule has 1 aliphatic heterocycles. The van der Waals surface area contributed by atoms with Crippen molar-refractivity contribution in [2.24, 2.45) is 0 Å². The number of halogens is 1. The average molecular weight is 248 g/mol. The van der Waals surface area contributed by atoms with Crippen LogP contribution in [0.5, 0.6) is 0 Å². The van der Waals surface area contributed by atoms with Gasteiger partial charge in [-0.25, -0.2) is 9.18 Å². The van der Waals surface area contributed by atoms with Gasteiger partial charge in [0, 0.05) is 12.6 Å². The number of amides is 2. The lowest BCUT2D eigenvalue weighted by molar-refractivity contribution is 0.192. The molecule has 0 radical (unpaired) electrons. The molecule has 1 N–H and O–H groups in total. The van der Waals surface area contributed by atoms with Gasteiger partial charge < -0.3 is 10.2 Å². The highest BCUT2D eigenvalue weighted by atomic mass is 19.1. The molecule has 0 bridgehead atoms. The fourth-order valence-corrected chi connectivity index (χ4v) is 2.56. The van der Waals surface area contributed by atoms with Crippen molar-refractivity contribution in [3.05, 3.63) is 35.6 Å². The summed E-state index contributed by atoms with van der Waals surface area (Å²) in [6.07, 6.45) is 4.08. The summed E-state index contributed by atoms with van der Waals surface area (Å²) in [6, 6.07) is 6.98. The van der Waals surface area contributed by atoms with Gasteiger partial charge in [-0.3, -0.25) is 0 Å². The lowest BCUT2D eigenvalue weighted by Gasteiger charge is -2.25. The molecule has 1 aromatic carbocycles. The Morgan fingerprint density at radius 1 is 1.33 bits per heavy atom. The molecule has 1 heterocycles. The summed E-state index contributed by atoms with van der Waals surface area (Å²) in [6.45, 7) is 0.764. The van der Waals surface area contributed by atoms with Gasteiger partial charge in [0.1, 0.15) is 5.82 Å². The number of urea groups is 1. The number of nitrogens with one attached hydrogen (secondary N) is 1. The Balaban J connectivity index is 1.75. The van der Waals surface area contributed by atoms with Crippen LogP contribution in [0, 0.1) is 5.82 Å². The summed E-state index contributed by atoms with van der Waals surface area (Å²) < 4.78 is 13.2. The van der Waals surface area contributed by atoms with Crippen LogP contribution in [0.25, 0.3) is 0 Å². The summed E-state index contributed by atoms with van der Waals surface area (Å²) >= 11 is 0. The van der Waals surface area contributed by atoms with Crippen molar-refractivity contribution in [3.63, 3.8) is 0 Å². The maximum absolute atomic E-state index is 13.2. The van der Waals surface area contributed by atoms with E-state index in [-0.39, 0.29) is 17.9 Å². The van der Waals surface area contributed by atoms with Gasteiger partial charge in [-0.2, -0.15) is 0 Å². The van der Waals surface area contributed by atoms with Gasteiger partial charge in [0.15, 0.2) is 0 Å². The number of benzene rings is 1. The van der Waals surface area contributed by atoms with Crippen molar-refractivity contribution in [2.75, 3.05) is 6.54 Å². The minimum absolute atomic E-state index is 0.00395. The van der Waals surface area contributed by atoms with Gasteiger partial charge in [-0.1, -0.05) is 12.1 Å². The van der Waals surface area contributed by atoms with Crippen LogP contribution >= 0.6 is 0 Å². The van der Waals surface area contributed by atoms with Crippen molar-refractivity contribution in [2.45, 2.75) is 37.8 Å². The summed E-state index contributed by atoms with van der Waals surface area (Å²) in [4.78, 5) is 13.9. The molecule has 3 rings (SSSR count). The molecule has 1 saturated heterocycles. The van der Waals surface area contributed by atoms with E-state index in [1.165, 1.54) is 12.1 Å². The standard InChI is InChI=1S/C14H17FN2O/c15-11-4-1-3-10(9-11)13-5-2-8-17(13)14(18)16-12-6-7-12/h1,3-4,9,12-13H,2,5-8H2,(H,16,18). The highest BCUT2D eigenvalue weighted by Gasteiger charge is 2.33. The number of nitrogens with zero attached hydrogens (tertiary/aromatic N) is 1. The van der Waals surface area contributed by atoms with Gasteiger partial charge in [0.25, 0.3) is 0 Å². The second kappa shape index (κ2) is 4.59. The first kappa shape index (κ1) is 11.5. The van der Waals surface area contributed by atoms with Gasteiger partial charge in [0.2, 0.25) is 0 Å². The van der Waals surface area contributed by atoms with E-state index in [9.17, 15) is 9.18 Å². The number of carbonyl (C=O) groups excluding carboxylic acids is 1. The fourth-order valence-electron chi connectivity index (χ4n) is 2.56. The van der Waals surface area contributed by atoms with E-state index in [1.807, 2.05) is 11.0 Å². The van der Waals surface area contributed by atoms with Crippen molar-refractivity contribution >= 4 is 6.03 Å². The summed E-state index contributed by atoms with van der Waals surface area (Å²) in [5, 5.41) is 3.00. The molecule has 1 aromatic rings. The molecule has 1 atom stereocenters. The van der Waals surface area contributed by atoms with Crippen LogP contribution in [0.3, 0.4) is 0 Å². The molecule has 1 saturated carbocycles. The van der Waals surface area contributed by atoms with E-state index >= 15 is 0 Å². The van der Waals surface area contributed by atoms with Gasteiger partial charge in [-0.05, 0) is 43.4 Å². The first-order valence-corrected chi connectivity index (χ1v) is 6.56. The van der Waals surface area contributed by atoms with Crippen LogP contribution in [-0.2, 0) is 0 Å². The zero-order valence-corrected chi connectivity index (χ0v) is 10.2. The van der Waals surface area contributed by atoms with Crippen LogP contribution in [0.15, 0.2) is 24.3 Å². The SMILES string of the molecule is O=C(NC1CC1)N1CCCC1c1cccc(F)c1. The molecule has 0 aromatic heterocycles. The lowest BCUT2D eigenvalue weighted by Crippen LogP contribution is -2.40. The first-order chi connectivity index (χ1) is 8.74. The van der Waals surface area contributed by atoms with Crippen LogP contribution in [-0.4, -0.2) is 23.5 Å². The number of hydrogen-bond acceptors (Lipinski definition) is 1. The quantitative estimate of drug-likeness (QED) is 0.857. The maximum Gasteiger partial charge on any atom is 0.318 e. The zero-order chi connectivity index (χ0) is 12.5. The summed E-state index contributed by atoms with van der Waals surface area (Å²) in [5.74, 6) is -0.234. The Labute approximate surface area is 106 Å². The molecule has 2 aliphatic rings. The maximum atomic E-state index is 13.2. The summed E-state index contributed by atoms with van der Waals surface area (Å²) in [7, 11) is 0. The third-order valence-corrected chi connectivity index (χ3v) is 3.65. The summed E-state index contributed by atoms with van der Waals surface area (Å²) in [5.41, 5.74) is 0.901. The Hall–Kier alpha value is -1.58. The molecule has 1 aliphatic carbocycles. The third-order valence-electron chi connectivity index (χ3n) is 3.65. The van der Waals surface area contributed by atoms with Gasteiger partial charge in [0.05, 0.1) is 6.04 Å². The minimum Gasteiger partial charge on any atom is -0.335 e. The van der Waals surface area contributed by atoms with E-state index in [1.54, 1.807) is 6.07 Å². The van der Waals surface area contributed by atoms with E-state index < -0.39 is 0 Å². The predicted octanol–water partition coefficient (Wildman–Crippen LogP) is 2.83. The molecule has 18 heavy (non-hydrogen) atoms. The molecule has 3 nitrogen and oxygen atoms in total. The first-order valence-electron chi connectivity index (χ1n) is 6.56. The highest BCUT2D eigenvalue weighted by molar-refractivity contribution is 5.75. The second-order valence-corrected chi connectivity index (χ2v) is 5.13. The van der Waals surface area contributed by atoms with E-state index in [2.05, 4.69) is 5.32 Å². The second-order valence-electron chi connectivity index (χ2n) is 5.13. The third kappa shape index (κ3) is 2.33. The lowest BCUT2D eigenvalue weighted by atomic mass is 10.0. The normalized spacial score (nSPS) is 23.2. The molecular weight excluding hydrogens is 231 g/mol.